The van der Waals surface area contributed by atoms with Crippen LogP contribution in [0.1, 0.15) is 37.7 Å². The predicted octanol–water partition coefficient (Wildman–Crippen LogP) is 4.73. The highest BCUT2D eigenvalue weighted by Gasteiger charge is 2.32. The number of alkyl halides is 1. The zero-order chi connectivity index (χ0) is 17.2. The van der Waals surface area contributed by atoms with E-state index in [1.165, 1.54) is 58.5 Å². The van der Waals surface area contributed by atoms with Crippen LogP contribution >= 0.6 is 34.4 Å². The molecule has 1 aromatic carbocycles. The molecule has 2 N–H and O–H groups in total. The molecule has 1 unspecified atom stereocenters. The lowest BCUT2D eigenvalue weighted by Gasteiger charge is -2.19. The Bertz CT molecular complexity index is 660. The topological polar surface area (TPSA) is 45.6 Å². The molecule has 25 heavy (non-hydrogen) atoms. The molecule has 2 atom stereocenters. The first-order valence-corrected chi connectivity index (χ1v) is 11.8. The molecule has 2 heterocycles. The van der Waals surface area contributed by atoms with Crippen molar-refractivity contribution in [3.63, 3.8) is 0 Å². The summed E-state index contributed by atoms with van der Waals surface area (Å²) in [6.07, 6.45) is 7.43. The third kappa shape index (κ3) is 3.89. The summed E-state index contributed by atoms with van der Waals surface area (Å²) in [7, 11) is 1.76. The Morgan fingerprint density at radius 1 is 1.36 bits per heavy atom. The van der Waals surface area contributed by atoms with E-state index in [0.717, 1.165) is 17.9 Å². The quantitative estimate of drug-likeness (QED) is 0.466. The van der Waals surface area contributed by atoms with E-state index in [4.69, 9.17) is 9.73 Å². The van der Waals surface area contributed by atoms with Crippen molar-refractivity contribution in [1.29, 1.82) is 0 Å². The van der Waals surface area contributed by atoms with Crippen molar-refractivity contribution in [3.8, 4) is 5.75 Å². The van der Waals surface area contributed by atoms with E-state index in [9.17, 15) is 0 Å². The Labute approximate surface area is 168 Å². The number of rotatable bonds is 6. The largest absolute Gasteiger partial charge is 0.497 e. The average Bonchev–Trinajstić information content (AvgIpc) is 3.34. The molecule has 136 valence electrons. The van der Waals surface area contributed by atoms with Gasteiger partial charge in [-0.05, 0) is 30.9 Å². The minimum absolute atomic E-state index is 0.329. The normalized spacial score (nSPS) is 25.6. The minimum Gasteiger partial charge on any atom is -0.497 e. The molecule has 0 saturated heterocycles. The van der Waals surface area contributed by atoms with Crippen LogP contribution in [-0.2, 0) is 6.42 Å². The Hall–Kier alpha value is -0.630. The van der Waals surface area contributed by atoms with Crippen molar-refractivity contribution < 1.29 is 4.74 Å². The summed E-state index contributed by atoms with van der Waals surface area (Å²) < 4.78 is 6.74. The summed E-state index contributed by atoms with van der Waals surface area (Å²) in [4.78, 5) is 4.98. The van der Waals surface area contributed by atoms with Crippen LogP contribution in [0.3, 0.4) is 0 Å². The Morgan fingerprint density at radius 2 is 2.20 bits per heavy atom. The predicted molar refractivity (Wildman–Crippen MR) is 117 cm³/mol. The fraction of sp³-hybridized carbons (Fsp3) is 0.632. The molecular weight excluding hydrogens is 445 g/mol. The maximum atomic E-state index is 5.55. The van der Waals surface area contributed by atoms with Gasteiger partial charge in [0, 0.05) is 28.7 Å². The molecule has 2 aliphatic heterocycles. The second-order valence-corrected chi connectivity index (χ2v) is 9.26. The lowest BCUT2D eigenvalue weighted by atomic mass is 10.1. The molecule has 6 heteroatoms. The first-order valence-electron chi connectivity index (χ1n) is 9.27. The first kappa shape index (κ1) is 17.8. The zero-order valence-corrected chi connectivity index (χ0v) is 17.7. The van der Waals surface area contributed by atoms with Crippen LogP contribution in [0.5, 0.6) is 5.75 Å². The second-order valence-electron chi connectivity index (χ2n) is 7.15. The smallest absolute Gasteiger partial charge is 0.121 e. The van der Waals surface area contributed by atoms with E-state index in [1.54, 1.807) is 7.11 Å². The number of aliphatic imine (C=N–C) groups is 1. The molecule has 0 aromatic heterocycles. The van der Waals surface area contributed by atoms with Crippen molar-refractivity contribution >= 4 is 50.8 Å². The molecule has 0 radical (unpaired) electrons. The van der Waals surface area contributed by atoms with Crippen molar-refractivity contribution in [2.45, 2.75) is 56.7 Å². The van der Waals surface area contributed by atoms with Crippen LogP contribution < -0.4 is 15.4 Å². The van der Waals surface area contributed by atoms with Crippen LogP contribution in [0.2, 0.25) is 0 Å². The number of anilines is 2. The zero-order valence-electron chi connectivity index (χ0n) is 14.7. The number of hydrogen-bond acceptors (Lipinski definition) is 5. The highest BCUT2D eigenvalue weighted by atomic mass is 127. The van der Waals surface area contributed by atoms with E-state index < -0.39 is 0 Å². The minimum atomic E-state index is 0.329. The third-order valence-corrected chi connectivity index (χ3v) is 7.22. The molecule has 1 aromatic rings. The van der Waals surface area contributed by atoms with Gasteiger partial charge in [0.15, 0.2) is 0 Å². The Morgan fingerprint density at radius 3 is 2.96 bits per heavy atom. The van der Waals surface area contributed by atoms with Crippen molar-refractivity contribution in [3.05, 3.63) is 17.7 Å². The van der Waals surface area contributed by atoms with Gasteiger partial charge in [0.2, 0.25) is 0 Å². The molecule has 0 bridgehead atoms. The molecule has 3 aliphatic rings. The maximum absolute atomic E-state index is 5.55. The van der Waals surface area contributed by atoms with Crippen LogP contribution in [-0.4, -0.2) is 40.5 Å². The van der Waals surface area contributed by atoms with E-state index in [1.807, 2.05) is 11.8 Å². The van der Waals surface area contributed by atoms with Gasteiger partial charge in [-0.25, -0.2) is 0 Å². The third-order valence-electron chi connectivity index (χ3n) is 5.36. The van der Waals surface area contributed by atoms with Gasteiger partial charge in [0.1, 0.15) is 5.75 Å². The summed E-state index contributed by atoms with van der Waals surface area (Å²) in [5, 5.41) is 8.82. The maximum Gasteiger partial charge on any atom is 0.121 e. The molecular formula is C19H26IN3OS. The number of nitrogens with zero attached hydrogens (tertiary/aromatic N) is 1. The van der Waals surface area contributed by atoms with Gasteiger partial charge in [-0.3, -0.25) is 4.99 Å². The molecule has 1 aliphatic carbocycles. The standard InChI is InChI=1S/C19H26IN3OS/c1-24-15-8-12-9-17(19-22-14(6-7-20)11-25-19)23-18(12)16(10-15)21-13-4-2-3-5-13/h8,10,13-14,17,21,23H,2-7,9,11H2,1H3/t14-,17?/m1/s1. The molecule has 4 rings (SSSR count). The molecule has 1 fully saturated rings. The highest BCUT2D eigenvalue weighted by molar-refractivity contribution is 14.1. The molecule has 0 spiro atoms. The number of hydrogen-bond donors (Lipinski definition) is 2. The summed E-state index contributed by atoms with van der Waals surface area (Å²) in [5.41, 5.74) is 3.82. The van der Waals surface area contributed by atoms with E-state index in [0.29, 0.717) is 18.1 Å². The summed E-state index contributed by atoms with van der Waals surface area (Å²) >= 11 is 4.39. The Balaban J connectivity index is 1.54. The van der Waals surface area contributed by atoms with Crippen LogP contribution in [0.4, 0.5) is 11.4 Å². The average molecular weight is 471 g/mol. The van der Waals surface area contributed by atoms with Gasteiger partial charge in [-0.2, -0.15) is 0 Å². The number of fused-ring (bicyclic) bond motifs is 1. The lowest BCUT2D eigenvalue weighted by molar-refractivity contribution is 0.414. The number of halogens is 1. The Kier molecular flexibility index (Phi) is 5.65. The monoisotopic (exact) mass is 471 g/mol. The second kappa shape index (κ2) is 7.94. The summed E-state index contributed by atoms with van der Waals surface area (Å²) in [6.45, 7) is 0. The number of thioether (sulfide) groups is 1. The summed E-state index contributed by atoms with van der Waals surface area (Å²) in [5.74, 6) is 2.09. The van der Waals surface area contributed by atoms with Gasteiger partial charge >= 0.3 is 0 Å². The number of nitrogens with one attached hydrogen (secondary N) is 2. The highest BCUT2D eigenvalue weighted by Crippen LogP contribution is 2.40. The number of methoxy groups -OCH3 is 1. The van der Waals surface area contributed by atoms with E-state index in [2.05, 4.69) is 45.4 Å². The van der Waals surface area contributed by atoms with E-state index in [-0.39, 0.29) is 0 Å². The summed E-state index contributed by atoms with van der Waals surface area (Å²) in [6, 6.07) is 5.77. The van der Waals surface area contributed by atoms with Gasteiger partial charge < -0.3 is 15.4 Å². The molecule has 4 nitrogen and oxygen atoms in total. The van der Waals surface area contributed by atoms with Crippen molar-refractivity contribution in [2.24, 2.45) is 4.99 Å². The first-order chi connectivity index (χ1) is 12.3. The van der Waals surface area contributed by atoms with Crippen molar-refractivity contribution in [2.75, 3.05) is 27.9 Å². The van der Waals surface area contributed by atoms with Crippen LogP contribution in [0.25, 0.3) is 0 Å². The SMILES string of the molecule is COc1cc2c(c(NC3CCCC3)c1)NC(C1=N[C@H](CCI)CS1)C2. The molecule has 1 saturated carbocycles. The van der Waals surface area contributed by atoms with Crippen LogP contribution in [0, 0.1) is 0 Å². The molecule has 0 amide bonds. The van der Waals surface area contributed by atoms with Gasteiger partial charge in [-0.1, -0.05) is 35.4 Å². The fourth-order valence-corrected chi connectivity index (χ4v) is 5.91. The van der Waals surface area contributed by atoms with Crippen LogP contribution in [0.15, 0.2) is 17.1 Å². The fourth-order valence-electron chi connectivity index (χ4n) is 4.02. The van der Waals surface area contributed by atoms with Gasteiger partial charge in [-0.15, -0.1) is 11.8 Å². The lowest BCUT2D eigenvalue weighted by Crippen LogP contribution is -2.24. The van der Waals surface area contributed by atoms with Gasteiger partial charge in [0.05, 0.1) is 35.6 Å². The number of ether oxygens (including phenoxy) is 1. The van der Waals surface area contributed by atoms with Crippen molar-refractivity contribution in [1.82, 2.24) is 0 Å². The van der Waals surface area contributed by atoms with E-state index >= 15 is 0 Å². The number of benzene rings is 1. The van der Waals surface area contributed by atoms with Gasteiger partial charge in [0.25, 0.3) is 0 Å².